The van der Waals surface area contributed by atoms with Gasteiger partial charge in [0.1, 0.15) is 5.70 Å². The molecule has 0 radical (unpaired) electrons. The molecule has 3 aliphatic heterocycles. The van der Waals surface area contributed by atoms with Crippen molar-refractivity contribution < 1.29 is 29.4 Å². The Bertz CT molecular complexity index is 748. The third kappa shape index (κ3) is 3.37. The molecular weight excluding hydrogens is 368 g/mol. The van der Waals surface area contributed by atoms with E-state index in [4.69, 9.17) is 5.73 Å². The van der Waals surface area contributed by atoms with E-state index in [2.05, 4.69) is 5.32 Å². The number of nitrogens with zero attached hydrogens (tertiary/aromatic N) is 2. The summed E-state index contributed by atoms with van der Waals surface area (Å²) < 4.78 is 0. The number of carbonyl (C=O) groups excluding carboxylic acids is 3. The van der Waals surface area contributed by atoms with Crippen LogP contribution in [0.1, 0.15) is 20.3 Å². The van der Waals surface area contributed by atoms with Crippen molar-refractivity contribution in [2.24, 2.45) is 23.5 Å². The van der Waals surface area contributed by atoms with Crippen LogP contribution < -0.4 is 11.1 Å². The van der Waals surface area contributed by atoms with Crippen molar-refractivity contribution in [2.45, 2.75) is 32.4 Å². The molecule has 10 nitrogen and oxygen atoms in total. The number of β-lactam (4-membered cyclic amide) rings is 1. The molecule has 0 bridgehead atoms. The summed E-state index contributed by atoms with van der Waals surface area (Å²) in [6.07, 6.45) is -0.243. The lowest BCUT2D eigenvalue weighted by Gasteiger charge is -2.46. The van der Waals surface area contributed by atoms with Gasteiger partial charge in [-0.05, 0) is 25.5 Å². The third-order valence-corrected chi connectivity index (χ3v) is 5.99. The Balaban J connectivity index is 1.70. The fourth-order valence-corrected chi connectivity index (χ4v) is 4.60. The number of amides is 3. The molecule has 10 heteroatoms. The molecular formula is C18H26N4O6. The van der Waals surface area contributed by atoms with Gasteiger partial charge in [-0.15, -0.1) is 0 Å². The summed E-state index contributed by atoms with van der Waals surface area (Å²) in [4.78, 5) is 50.4. The van der Waals surface area contributed by atoms with Crippen molar-refractivity contribution in [1.82, 2.24) is 15.1 Å². The molecule has 2 saturated heterocycles. The fraction of sp³-hybridized carbons (Fsp3) is 0.667. The van der Waals surface area contributed by atoms with E-state index in [9.17, 15) is 29.4 Å². The predicted octanol–water partition coefficient (Wildman–Crippen LogP) is -1.89. The van der Waals surface area contributed by atoms with Gasteiger partial charge in [-0.2, -0.15) is 0 Å². The molecule has 0 aliphatic carbocycles. The van der Waals surface area contributed by atoms with Crippen molar-refractivity contribution in [1.29, 1.82) is 0 Å². The van der Waals surface area contributed by atoms with Crippen LogP contribution in [0.15, 0.2) is 11.3 Å². The Morgan fingerprint density at radius 3 is 2.61 bits per heavy atom. The summed E-state index contributed by atoms with van der Waals surface area (Å²) in [7, 11) is 0. The molecule has 5 N–H and O–H groups in total. The SMILES string of the molecule is C[C@@H](O)C1C(=O)N2C(C(=O)O)=C(CN3CC[C@H](C(=O)NCC(N)=O)C3)[C@H](C)[C@H]12. The lowest BCUT2D eigenvalue weighted by atomic mass is 9.77. The molecule has 3 amide bonds. The molecule has 3 aliphatic rings. The quantitative estimate of drug-likeness (QED) is 0.368. The Morgan fingerprint density at radius 1 is 1.36 bits per heavy atom. The molecule has 3 heterocycles. The zero-order valence-corrected chi connectivity index (χ0v) is 15.9. The standard InChI is InChI=1S/C18H26N4O6/c1-8-11(7-21-4-3-10(6-21)16(25)20-5-12(19)24)15(18(27)28)22-14(8)13(9(2)23)17(22)26/h8-10,13-14,23H,3-7H2,1-2H3,(H2,19,24)(H,20,25)(H,27,28)/t8-,9+,10-,13?,14+/m0/s1. The van der Waals surface area contributed by atoms with Gasteiger partial charge in [0, 0.05) is 19.0 Å². The third-order valence-electron chi connectivity index (χ3n) is 5.99. The maximum atomic E-state index is 12.4. The highest BCUT2D eigenvalue weighted by Gasteiger charge is 2.59. The number of carboxylic acid groups (broad SMARTS) is 1. The number of aliphatic hydroxyl groups is 1. The zero-order chi connectivity index (χ0) is 20.7. The van der Waals surface area contributed by atoms with E-state index in [1.807, 2.05) is 11.8 Å². The molecule has 3 rings (SSSR count). The maximum Gasteiger partial charge on any atom is 0.352 e. The van der Waals surface area contributed by atoms with Crippen molar-refractivity contribution in [2.75, 3.05) is 26.2 Å². The smallest absolute Gasteiger partial charge is 0.352 e. The Kier molecular flexibility index (Phi) is 5.44. The van der Waals surface area contributed by atoms with Crippen LogP contribution in [-0.4, -0.2) is 82.0 Å². The van der Waals surface area contributed by atoms with E-state index >= 15 is 0 Å². The first-order valence-electron chi connectivity index (χ1n) is 9.39. The first kappa shape index (κ1) is 20.3. The average molecular weight is 394 g/mol. The number of fused-ring (bicyclic) bond motifs is 1. The minimum atomic E-state index is -1.16. The molecule has 0 spiro atoms. The number of rotatable bonds is 7. The Hall–Kier alpha value is -2.46. The van der Waals surface area contributed by atoms with Crippen LogP contribution in [0.3, 0.4) is 0 Å². The lowest BCUT2D eigenvalue weighted by Crippen LogP contribution is -2.63. The molecule has 28 heavy (non-hydrogen) atoms. The van der Waals surface area contributed by atoms with E-state index in [0.717, 1.165) is 0 Å². The van der Waals surface area contributed by atoms with E-state index in [1.165, 1.54) is 4.90 Å². The Labute approximate surface area is 162 Å². The minimum absolute atomic E-state index is 0.000954. The predicted molar refractivity (Wildman–Crippen MR) is 96.4 cm³/mol. The lowest BCUT2D eigenvalue weighted by molar-refractivity contribution is -0.163. The van der Waals surface area contributed by atoms with Gasteiger partial charge < -0.3 is 26.2 Å². The number of aliphatic hydroxyl groups excluding tert-OH is 1. The minimum Gasteiger partial charge on any atom is -0.477 e. The summed E-state index contributed by atoms with van der Waals surface area (Å²) in [6.45, 7) is 4.59. The number of hydrogen-bond acceptors (Lipinski definition) is 6. The second kappa shape index (κ2) is 7.51. The molecule has 1 unspecified atom stereocenters. The second-order valence-corrected chi connectivity index (χ2v) is 7.84. The summed E-state index contributed by atoms with van der Waals surface area (Å²) in [5, 5.41) is 22.0. The molecule has 2 fully saturated rings. The molecule has 5 atom stereocenters. The number of likely N-dealkylation sites (tertiary alicyclic amines) is 1. The number of primary amides is 1. The van der Waals surface area contributed by atoms with Gasteiger partial charge in [-0.3, -0.25) is 19.3 Å². The van der Waals surface area contributed by atoms with Gasteiger partial charge in [0.25, 0.3) is 0 Å². The topological polar surface area (TPSA) is 153 Å². The Morgan fingerprint density at radius 2 is 2.04 bits per heavy atom. The zero-order valence-electron chi connectivity index (χ0n) is 15.9. The van der Waals surface area contributed by atoms with Crippen LogP contribution in [-0.2, 0) is 19.2 Å². The van der Waals surface area contributed by atoms with Crippen LogP contribution in [0, 0.1) is 17.8 Å². The van der Waals surface area contributed by atoms with Crippen LogP contribution in [0.25, 0.3) is 0 Å². The summed E-state index contributed by atoms with van der Waals surface area (Å²) in [6, 6.07) is -0.342. The van der Waals surface area contributed by atoms with Crippen LogP contribution in [0.2, 0.25) is 0 Å². The molecule has 0 saturated carbocycles. The van der Waals surface area contributed by atoms with Gasteiger partial charge in [-0.25, -0.2) is 4.79 Å². The molecule has 154 valence electrons. The molecule has 0 aromatic heterocycles. The van der Waals surface area contributed by atoms with Gasteiger partial charge in [0.2, 0.25) is 17.7 Å². The summed E-state index contributed by atoms with van der Waals surface area (Å²) in [5.74, 6) is -3.45. The van der Waals surface area contributed by atoms with E-state index in [1.54, 1.807) is 6.92 Å². The van der Waals surface area contributed by atoms with Crippen LogP contribution >= 0.6 is 0 Å². The van der Waals surface area contributed by atoms with Crippen molar-refractivity contribution in [3.8, 4) is 0 Å². The highest BCUT2D eigenvalue weighted by Crippen LogP contribution is 2.47. The van der Waals surface area contributed by atoms with Gasteiger partial charge in [0.15, 0.2) is 0 Å². The van der Waals surface area contributed by atoms with Crippen LogP contribution in [0.5, 0.6) is 0 Å². The average Bonchev–Trinajstić information content (AvgIpc) is 3.15. The van der Waals surface area contributed by atoms with Crippen molar-refractivity contribution >= 4 is 23.7 Å². The number of carbonyl (C=O) groups is 4. The van der Waals surface area contributed by atoms with Gasteiger partial charge in [-0.1, -0.05) is 6.92 Å². The molecule has 0 aromatic carbocycles. The number of aliphatic carboxylic acids is 1. The highest BCUT2D eigenvalue weighted by atomic mass is 16.4. The van der Waals surface area contributed by atoms with E-state index in [0.29, 0.717) is 31.6 Å². The van der Waals surface area contributed by atoms with Crippen molar-refractivity contribution in [3.63, 3.8) is 0 Å². The highest BCUT2D eigenvalue weighted by molar-refractivity contribution is 6.00. The van der Waals surface area contributed by atoms with Gasteiger partial charge >= 0.3 is 5.97 Å². The van der Waals surface area contributed by atoms with Crippen molar-refractivity contribution in [3.05, 3.63) is 11.3 Å². The second-order valence-electron chi connectivity index (χ2n) is 7.84. The van der Waals surface area contributed by atoms with Gasteiger partial charge in [0.05, 0.1) is 30.5 Å². The maximum absolute atomic E-state index is 12.4. The summed E-state index contributed by atoms with van der Waals surface area (Å²) in [5.41, 5.74) is 5.68. The fourth-order valence-electron chi connectivity index (χ4n) is 4.60. The van der Waals surface area contributed by atoms with E-state index in [-0.39, 0.29) is 41.9 Å². The number of carboxylic acids is 1. The monoisotopic (exact) mass is 394 g/mol. The number of hydrogen-bond donors (Lipinski definition) is 4. The number of nitrogens with one attached hydrogen (secondary N) is 1. The number of nitrogens with two attached hydrogens (primary N) is 1. The van der Waals surface area contributed by atoms with Crippen LogP contribution in [0.4, 0.5) is 0 Å². The molecule has 0 aromatic rings. The normalized spacial score (nSPS) is 30.8. The first-order chi connectivity index (χ1) is 13.1. The first-order valence-corrected chi connectivity index (χ1v) is 9.39. The largest absolute Gasteiger partial charge is 0.477 e. The van der Waals surface area contributed by atoms with E-state index < -0.39 is 23.9 Å². The summed E-state index contributed by atoms with van der Waals surface area (Å²) >= 11 is 0.